The van der Waals surface area contributed by atoms with E-state index in [9.17, 15) is 17.6 Å². The van der Waals surface area contributed by atoms with Gasteiger partial charge in [0.25, 0.3) is 0 Å². The SMILES string of the molecule is NS(=O)(=O)c1ccc(F)cc1NC(=O)C1CCCC1. The maximum atomic E-state index is 13.2. The van der Waals surface area contributed by atoms with E-state index in [1.54, 1.807) is 0 Å². The van der Waals surface area contributed by atoms with E-state index < -0.39 is 15.8 Å². The van der Waals surface area contributed by atoms with Crippen LogP contribution in [0.4, 0.5) is 10.1 Å². The first-order valence-electron chi connectivity index (χ1n) is 6.01. The van der Waals surface area contributed by atoms with E-state index in [-0.39, 0.29) is 22.4 Å². The molecule has 3 N–H and O–H groups in total. The highest BCUT2D eigenvalue weighted by molar-refractivity contribution is 7.89. The number of amides is 1. The minimum absolute atomic E-state index is 0.0978. The average molecular weight is 286 g/mol. The average Bonchev–Trinajstić information content (AvgIpc) is 2.80. The number of benzene rings is 1. The van der Waals surface area contributed by atoms with E-state index >= 15 is 0 Å². The van der Waals surface area contributed by atoms with Crippen molar-refractivity contribution < 1.29 is 17.6 Å². The number of carbonyl (C=O) groups excluding carboxylic acids is 1. The van der Waals surface area contributed by atoms with Crippen molar-refractivity contribution in [1.29, 1.82) is 0 Å². The molecule has 0 saturated heterocycles. The summed E-state index contributed by atoms with van der Waals surface area (Å²) in [6, 6.07) is 3.01. The van der Waals surface area contributed by atoms with Gasteiger partial charge < -0.3 is 5.32 Å². The topological polar surface area (TPSA) is 89.3 Å². The van der Waals surface area contributed by atoms with Crippen molar-refractivity contribution >= 4 is 21.6 Å². The molecule has 1 aliphatic rings. The van der Waals surface area contributed by atoms with Crippen molar-refractivity contribution in [1.82, 2.24) is 0 Å². The highest BCUT2D eigenvalue weighted by Crippen LogP contribution is 2.28. The molecule has 19 heavy (non-hydrogen) atoms. The Kier molecular flexibility index (Phi) is 3.86. The highest BCUT2D eigenvalue weighted by Gasteiger charge is 2.24. The van der Waals surface area contributed by atoms with Crippen LogP contribution in [0.2, 0.25) is 0 Å². The molecule has 1 saturated carbocycles. The molecule has 0 aliphatic heterocycles. The van der Waals surface area contributed by atoms with E-state index in [4.69, 9.17) is 5.14 Å². The summed E-state index contributed by atoms with van der Waals surface area (Å²) in [4.78, 5) is 11.7. The summed E-state index contributed by atoms with van der Waals surface area (Å²) in [6.07, 6.45) is 3.49. The molecule has 0 radical (unpaired) electrons. The first-order chi connectivity index (χ1) is 8.88. The third-order valence-electron chi connectivity index (χ3n) is 3.23. The summed E-state index contributed by atoms with van der Waals surface area (Å²) in [7, 11) is -4.00. The van der Waals surface area contributed by atoms with Crippen molar-refractivity contribution in [3.05, 3.63) is 24.0 Å². The standard InChI is InChI=1S/C12H15FN2O3S/c13-9-5-6-11(19(14,17)18)10(7-9)15-12(16)8-3-1-2-4-8/h5-8H,1-4H2,(H,15,16)(H2,14,17,18). The molecule has 0 spiro atoms. The minimum Gasteiger partial charge on any atom is -0.325 e. The fourth-order valence-electron chi connectivity index (χ4n) is 2.27. The predicted molar refractivity (Wildman–Crippen MR) is 68.4 cm³/mol. The van der Waals surface area contributed by atoms with Crippen LogP contribution in [0.1, 0.15) is 25.7 Å². The Morgan fingerprint density at radius 2 is 1.95 bits per heavy atom. The molecule has 2 rings (SSSR count). The molecule has 1 amide bonds. The molecule has 1 aromatic carbocycles. The van der Waals surface area contributed by atoms with Gasteiger partial charge in [-0.3, -0.25) is 4.79 Å². The Labute approximate surface area is 111 Å². The van der Waals surface area contributed by atoms with Gasteiger partial charge in [0, 0.05) is 5.92 Å². The minimum atomic E-state index is -4.00. The monoisotopic (exact) mass is 286 g/mol. The van der Waals surface area contributed by atoms with E-state index in [2.05, 4.69) is 5.32 Å². The molecule has 0 bridgehead atoms. The second-order valence-electron chi connectivity index (χ2n) is 4.66. The van der Waals surface area contributed by atoms with Crippen LogP contribution in [0.5, 0.6) is 0 Å². The number of hydrogen-bond donors (Lipinski definition) is 2. The first-order valence-corrected chi connectivity index (χ1v) is 7.56. The Hall–Kier alpha value is -1.47. The van der Waals surface area contributed by atoms with Crippen LogP contribution in [0, 0.1) is 11.7 Å². The van der Waals surface area contributed by atoms with Gasteiger partial charge in [-0.1, -0.05) is 12.8 Å². The lowest BCUT2D eigenvalue weighted by molar-refractivity contribution is -0.119. The zero-order valence-electron chi connectivity index (χ0n) is 10.2. The van der Waals surface area contributed by atoms with Crippen molar-refractivity contribution in [3.8, 4) is 0 Å². The fraction of sp³-hybridized carbons (Fsp3) is 0.417. The molecule has 5 nitrogen and oxygen atoms in total. The van der Waals surface area contributed by atoms with E-state index in [0.717, 1.165) is 43.9 Å². The van der Waals surface area contributed by atoms with E-state index in [1.807, 2.05) is 0 Å². The van der Waals surface area contributed by atoms with Crippen LogP contribution in [0.3, 0.4) is 0 Å². The van der Waals surface area contributed by atoms with Crippen molar-refractivity contribution in [2.75, 3.05) is 5.32 Å². The van der Waals surface area contributed by atoms with Gasteiger partial charge in [0.05, 0.1) is 5.69 Å². The molecule has 1 fully saturated rings. The molecular weight excluding hydrogens is 271 g/mol. The van der Waals surface area contributed by atoms with Crippen LogP contribution in [0.15, 0.2) is 23.1 Å². The van der Waals surface area contributed by atoms with Gasteiger partial charge in [0.2, 0.25) is 15.9 Å². The fourth-order valence-corrected chi connectivity index (χ4v) is 2.94. The number of sulfonamides is 1. The largest absolute Gasteiger partial charge is 0.325 e. The van der Waals surface area contributed by atoms with Crippen molar-refractivity contribution in [2.45, 2.75) is 30.6 Å². The van der Waals surface area contributed by atoms with Crippen molar-refractivity contribution in [3.63, 3.8) is 0 Å². The molecule has 0 unspecified atom stereocenters. The summed E-state index contributed by atoms with van der Waals surface area (Å²) in [5.74, 6) is -1.06. The number of primary sulfonamides is 1. The lowest BCUT2D eigenvalue weighted by atomic mass is 10.1. The maximum Gasteiger partial charge on any atom is 0.240 e. The summed E-state index contributed by atoms with van der Waals surface area (Å²) in [6.45, 7) is 0. The van der Waals surface area contributed by atoms with Gasteiger partial charge in [0.1, 0.15) is 10.7 Å². The maximum absolute atomic E-state index is 13.2. The first kappa shape index (κ1) is 14.0. The van der Waals surface area contributed by atoms with Gasteiger partial charge in [-0.05, 0) is 31.0 Å². The van der Waals surface area contributed by atoms with Crippen LogP contribution in [-0.2, 0) is 14.8 Å². The molecule has 1 aromatic rings. The number of anilines is 1. The second-order valence-corrected chi connectivity index (χ2v) is 6.19. The van der Waals surface area contributed by atoms with Gasteiger partial charge in [0.15, 0.2) is 0 Å². The number of halogens is 1. The molecule has 0 atom stereocenters. The number of carbonyl (C=O) groups is 1. The van der Waals surface area contributed by atoms with Crippen LogP contribution in [-0.4, -0.2) is 14.3 Å². The van der Waals surface area contributed by atoms with Crippen LogP contribution >= 0.6 is 0 Å². The number of nitrogens with one attached hydrogen (secondary N) is 1. The number of rotatable bonds is 3. The zero-order valence-corrected chi connectivity index (χ0v) is 11.0. The summed E-state index contributed by atoms with van der Waals surface area (Å²) >= 11 is 0. The normalized spacial score (nSPS) is 16.5. The quantitative estimate of drug-likeness (QED) is 0.884. The van der Waals surface area contributed by atoms with Gasteiger partial charge in [-0.2, -0.15) is 0 Å². The molecule has 104 valence electrons. The zero-order chi connectivity index (χ0) is 14.0. The number of nitrogens with two attached hydrogens (primary N) is 1. The van der Waals surface area contributed by atoms with Crippen molar-refractivity contribution in [2.24, 2.45) is 11.1 Å². The second kappa shape index (κ2) is 5.26. The van der Waals surface area contributed by atoms with Gasteiger partial charge in [-0.25, -0.2) is 17.9 Å². The molecule has 0 aromatic heterocycles. The highest BCUT2D eigenvalue weighted by atomic mass is 32.2. The van der Waals surface area contributed by atoms with Crippen LogP contribution in [0.25, 0.3) is 0 Å². The summed E-state index contributed by atoms with van der Waals surface area (Å²) in [5, 5.41) is 7.50. The Morgan fingerprint density at radius 1 is 1.32 bits per heavy atom. The predicted octanol–water partition coefficient (Wildman–Crippen LogP) is 1.60. The molecular formula is C12H15FN2O3S. The third-order valence-corrected chi connectivity index (χ3v) is 4.20. The Balaban J connectivity index is 2.28. The van der Waals surface area contributed by atoms with Gasteiger partial charge >= 0.3 is 0 Å². The van der Waals surface area contributed by atoms with Crippen LogP contribution < -0.4 is 10.5 Å². The third kappa shape index (κ3) is 3.30. The summed E-state index contributed by atoms with van der Waals surface area (Å²) < 4.78 is 35.9. The van der Waals surface area contributed by atoms with E-state index in [0.29, 0.717) is 0 Å². The Morgan fingerprint density at radius 3 is 2.53 bits per heavy atom. The Bertz CT molecular complexity index is 595. The lowest BCUT2D eigenvalue weighted by Crippen LogP contribution is -2.23. The molecule has 1 aliphatic carbocycles. The molecule has 0 heterocycles. The lowest BCUT2D eigenvalue weighted by Gasteiger charge is -2.13. The summed E-state index contributed by atoms with van der Waals surface area (Å²) in [5.41, 5.74) is -0.0978. The van der Waals surface area contributed by atoms with E-state index in [1.165, 1.54) is 0 Å². The number of hydrogen-bond acceptors (Lipinski definition) is 3. The van der Waals surface area contributed by atoms with Gasteiger partial charge in [-0.15, -0.1) is 0 Å². The smallest absolute Gasteiger partial charge is 0.240 e. The molecule has 7 heteroatoms.